The SMILES string of the molecule is CC(C)N(O)C(C)COc1ccccc1[N+](=O)[O-]. The topological polar surface area (TPSA) is 75.8 Å². The van der Waals surface area contributed by atoms with E-state index in [1.807, 2.05) is 13.8 Å². The molecule has 6 heteroatoms. The van der Waals surface area contributed by atoms with Crippen LogP contribution in [0.2, 0.25) is 0 Å². The number of hydroxylamine groups is 2. The lowest BCUT2D eigenvalue weighted by Gasteiger charge is -2.25. The Kier molecular flexibility index (Phi) is 5.06. The van der Waals surface area contributed by atoms with Crippen LogP contribution in [0.25, 0.3) is 0 Å². The molecule has 0 aliphatic heterocycles. The van der Waals surface area contributed by atoms with Gasteiger partial charge < -0.3 is 9.94 Å². The van der Waals surface area contributed by atoms with Crippen molar-refractivity contribution in [2.45, 2.75) is 32.9 Å². The van der Waals surface area contributed by atoms with E-state index in [4.69, 9.17) is 4.74 Å². The molecular weight excluding hydrogens is 236 g/mol. The van der Waals surface area contributed by atoms with Crippen molar-refractivity contribution in [3.63, 3.8) is 0 Å². The van der Waals surface area contributed by atoms with Crippen LogP contribution in [0.4, 0.5) is 5.69 Å². The molecule has 0 heterocycles. The average molecular weight is 254 g/mol. The van der Waals surface area contributed by atoms with Crippen molar-refractivity contribution in [2.24, 2.45) is 0 Å². The molecule has 1 aromatic carbocycles. The highest BCUT2D eigenvalue weighted by molar-refractivity contribution is 5.45. The molecule has 0 spiro atoms. The number of nitro groups is 1. The second kappa shape index (κ2) is 6.32. The molecule has 0 bridgehead atoms. The normalized spacial score (nSPS) is 12.8. The van der Waals surface area contributed by atoms with E-state index in [0.717, 1.165) is 5.06 Å². The van der Waals surface area contributed by atoms with E-state index < -0.39 is 4.92 Å². The Bertz CT molecular complexity index is 409. The fraction of sp³-hybridized carbons (Fsp3) is 0.500. The molecule has 0 saturated heterocycles. The van der Waals surface area contributed by atoms with Crippen molar-refractivity contribution in [3.05, 3.63) is 34.4 Å². The molecule has 0 aromatic heterocycles. The largest absolute Gasteiger partial charge is 0.485 e. The third-order valence-corrected chi connectivity index (χ3v) is 2.52. The molecule has 0 fully saturated rings. The van der Waals surface area contributed by atoms with Crippen molar-refractivity contribution in [1.82, 2.24) is 5.06 Å². The number of nitro benzene ring substituents is 1. The summed E-state index contributed by atoms with van der Waals surface area (Å²) in [7, 11) is 0. The number of para-hydroxylation sites is 2. The maximum absolute atomic E-state index is 10.8. The quantitative estimate of drug-likeness (QED) is 0.623. The van der Waals surface area contributed by atoms with Crippen LogP contribution in [-0.2, 0) is 0 Å². The fourth-order valence-corrected chi connectivity index (χ4v) is 1.53. The minimum absolute atomic E-state index is 0.0330. The summed E-state index contributed by atoms with van der Waals surface area (Å²) in [5.74, 6) is 0.214. The molecule has 18 heavy (non-hydrogen) atoms. The van der Waals surface area contributed by atoms with Gasteiger partial charge in [-0.15, -0.1) is 0 Å². The third-order valence-electron chi connectivity index (χ3n) is 2.52. The summed E-state index contributed by atoms with van der Waals surface area (Å²) in [6.07, 6.45) is 0. The summed E-state index contributed by atoms with van der Waals surface area (Å²) in [6, 6.07) is 5.91. The van der Waals surface area contributed by atoms with Gasteiger partial charge >= 0.3 is 5.69 Å². The Morgan fingerprint density at radius 3 is 2.56 bits per heavy atom. The molecule has 1 atom stereocenters. The van der Waals surface area contributed by atoms with Gasteiger partial charge in [0.15, 0.2) is 5.75 Å². The van der Waals surface area contributed by atoms with Crippen molar-refractivity contribution in [1.29, 1.82) is 0 Å². The van der Waals surface area contributed by atoms with Crippen LogP contribution in [-0.4, -0.2) is 33.9 Å². The van der Waals surface area contributed by atoms with Crippen LogP contribution >= 0.6 is 0 Å². The van der Waals surface area contributed by atoms with Crippen LogP contribution in [0.5, 0.6) is 5.75 Å². The summed E-state index contributed by atoms with van der Waals surface area (Å²) < 4.78 is 5.39. The van der Waals surface area contributed by atoms with E-state index in [1.54, 1.807) is 25.1 Å². The van der Waals surface area contributed by atoms with Crippen LogP contribution in [0.15, 0.2) is 24.3 Å². The molecule has 0 amide bonds. The number of rotatable bonds is 6. The molecule has 1 rings (SSSR count). The zero-order valence-electron chi connectivity index (χ0n) is 10.7. The molecular formula is C12H18N2O4. The van der Waals surface area contributed by atoms with E-state index >= 15 is 0 Å². The summed E-state index contributed by atoms with van der Waals surface area (Å²) in [4.78, 5) is 10.3. The van der Waals surface area contributed by atoms with E-state index in [1.165, 1.54) is 6.07 Å². The first kappa shape index (κ1) is 14.4. The highest BCUT2D eigenvalue weighted by Crippen LogP contribution is 2.26. The molecule has 0 aliphatic rings. The maximum Gasteiger partial charge on any atom is 0.310 e. The number of ether oxygens (including phenoxy) is 1. The highest BCUT2D eigenvalue weighted by Gasteiger charge is 2.18. The molecule has 100 valence electrons. The highest BCUT2D eigenvalue weighted by atomic mass is 16.6. The van der Waals surface area contributed by atoms with Crippen LogP contribution in [0.3, 0.4) is 0 Å². The van der Waals surface area contributed by atoms with Gasteiger partial charge in [0.05, 0.1) is 11.0 Å². The molecule has 0 radical (unpaired) electrons. The van der Waals surface area contributed by atoms with Gasteiger partial charge in [0.2, 0.25) is 0 Å². The van der Waals surface area contributed by atoms with Crippen molar-refractivity contribution >= 4 is 5.69 Å². The standard InChI is InChI=1S/C12H18N2O4/c1-9(2)13(15)10(3)8-18-12-7-5-4-6-11(12)14(16)17/h4-7,9-10,15H,8H2,1-3H3. The lowest BCUT2D eigenvalue weighted by molar-refractivity contribution is -0.386. The Morgan fingerprint density at radius 2 is 2.00 bits per heavy atom. The van der Waals surface area contributed by atoms with E-state index in [2.05, 4.69) is 0 Å². The molecule has 1 unspecified atom stereocenters. The zero-order chi connectivity index (χ0) is 13.7. The zero-order valence-corrected chi connectivity index (χ0v) is 10.7. The summed E-state index contributed by atoms with van der Waals surface area (Å²) in [5.41, 5.74) is -0.0706. The summed E-state index contributed by atoms with van der Waals surface area (Å²) in [6.45, 7) is 5.66. The van der Waals surface area contributed by atoms with Crippen molar-refractivity contribution in [3.8, 4) is 5.75 Å². The van der Waals surface area contributed by atoms with Gasteiger partial charge in [-0.2, -0.15) is 5.06 Å². The smallest absolute Gasteiger partial charge is 0.310 e. The lowest BCUT2D eigenvalue weighted by atomic mass is 10.2. The molecule has 6 nitrogen and oxygen atoms in total. The average Bonchev–Trinajstić information content (AvgIpc) is 2.35. The Labute approximate surface area is 106 Å². The molecule has 0 saturated carbocycles. The van der Waals surface area contributed by atoms with Gasteiger partial charge in [-0.3, -0.25) is 10.1 Å². The van der Waals surface area contributed by atoms with Crippen molar-refractivity contribution in [2.75, 3.05) is 6.61 Å². The van der Waals surface area contributed by atoms with Gasteiger partial charge in [-0.25, -0.2) is 0 Å². The first-order valence-corrected chi connectivity index (χ1v) is 5.77. The minimum Gasteiger partial charge on any atom is -0.485 e. The van der Waals surface area contributed by atoms with Crippen molar-refractivity contribution < 1.29 is 14.9 Å². The summed E-state index contributed by atoms with van der Waals surface area (Å²) >= 11 is 0. The molecule has 1 aromatic rings. The monoisotopic (exact) mass is 254 g/mol. The Hall–Kier alpha value is -1.66. The number of benzene rings is 1. The maximum atomic E-state index is 10.8. The van der Waals surface area contributed by atoms with Gasteiger partial charge in [0, 0.05) is 12.1 Å². The molecule has 0 aliphatic carbocycles. The Balaban J connectivity index is 2.66. The minimum atomic E-state index is -0.487. The lowest BCUT2D eigenvalue weighted by Crippen LogP contribution is -2.39. The van der Waals surface area contributed by atoms with Crippen LogP contribution in [0.1, 0.15) is 20.8 Å². The van der Waals surface area contributed by atoms with E-state index in [9.17, 15) is 15.3 Å². The van der Waals surface area contributed by atoms with E-state index in [0.29, 0.717) is 0 Å². The fourth-order valence-electron chi connectivity index (χ4n) is 1.53. The predicted molar refractivity (Wildman–Crippen MR) is 66.8 cm³/mol. The van der Waals surface area contributed by atoms with Gasteiger partial charge in [-0.05, 0) is 26.8 Å². The number of hydrogen-bond acceptors (Lipinski definition) is 5. The Morgan fingerprint density at radius 1 is 1.39 bits per heavy atom. The van der Waals surface area contributed by atoms with Crippen LogP contribution in [0, 0.1) is 10.1 Å². The van der Waals surface area contributed by atoms with Gasteiger partial charge in [0.1, 0.15) is 6.61 Å². The van der Waals surface area contributed by atoms with Crippen LogP contribution < -0.4 is 4.74 Å². The summed E-state index contributed by atoms with van der Waals surface area (Å²) in [5, 5.41) is 21.6. The predicted octanol–water partition coefficient (Wildman–Crippen LogP) is 2.46. The second-order valence-electron chi connectivity index (χ2n) is 4.36. The second-order valence-corrected chi connectivity index (χ2v) is 4.36. The first-order chi connectivity index (χ1) is 8.43. The third kappa shape index (κ3) is 3.68. The number of nitrogens with zero attached hydrogens (tertiary/aromatic N) is 2. The van der Waals surface area contributed by atoms with Gasteiger partial charge in [0.25, 0.3) is 0 Å². The van der Waals surface area contributed by atoms with E-state index in [-0.39, 0.29) is 30.1 Å². The first-order valence-electron chi connectivity index (χ1n) is 5.77. The van der Waals surface area contributed by atoms with Gasteiger partial charge in [-0.1, -0.05) is 12.1 Å². The number of hydrogen-bond donors (Lipinski definition) is 1. The molecule has 1 N–H and O–H groups in total.